The number of carbonyl (C=O) groups is 1. The van der Waals surface area contributed by atoms with Crippen molar-refractivity contribution in [3.05, 3.63) is 30.3 Å². The highest BCUT2D eigenvalue weighted by Crippen LogP contribution is 2.04. The number of thiol groups is 1. The maximum absolute atomic E-state index is 10.8. The molecule has 1 rings (SSSR count). The molecule has 1 N–H and O–H groups in total. The molecule has 0 radical (unpaired) electrons. The van der Waals surface area contributed by atoms with E-state index in [2.05, 4.69) is 17.9 Å². The molecule has 12 heavy (non-hydrogen) atoms. The predicted octanol–water partition coefficient (Wildman–Crippen LogP) is 2.19. The molecule has 0 atom stereocenters. The van der Waals surface area contributed by atoms with Gasteiger partial charge < -0.3 is 5.32 Å². The Kier molecular flexibility index (Phi) is 5.21. The van der Waals surface area contributed by atoms with Crippen molar-refractivity contribution < 1.29 is 4.79 Å². The van der Waals surface area contributed by atoms with Crippen LogP contribution < -0.4 is 5.32 Å². The molecule has 1 aromatic carbocycles. The lowest BCUT2D eigenvalue weighted by Gasteiger charge is -2.00. The Labute approximate surface area is 78.4 Å². The number of para-hydroxylation sites is 1. The monoisotopic (exact) mass is 183 g/mol. The average Bonchev–Trinajstić information content (AvgIpc) is 2.06. The highest BCUT2D eigenvalue weighted by molar-refractivity contribution is 7.81. The van der Waals surface area contributed by atoms with E-state index in [-0.39, 0.29) is 19.1 Å². The van der Waals surface area contributed by atoms with E-state index in [1.807, 2.05) is 30.3 Å². The fourth-order valence-corrected chi connectivity index (χ4v) is 0.801. The van der Waals surface area contributed by atoms with E-state index in [4.69, 9.17) is 0 Å². The van der Waals surface area contributed by atoms with Crippen LogP contribution in [0.3, 0.4) is 0 Å². The van der Waals surface area contributed by atoms with Crippen molar-refractivity contribution >= 4 is 24.2 Å². The summed E-state index contributed by atoms with van der Waals surface area (Å²) < 4.78 is 0. The van der Waals surface area contributed by atoms with Crippen LogP contribution in [-0.2, 0) is 4.79 Å². The second kappa shape index (κ2) is 5.66. The number of anilines is 1. The van der Waals surface area contributed by atoms with Gasteiger partial charge in [0.15, 0.2) is 0 Å². The Bertz CT molecular complexity index is 236. The number of hydrogen-bond acceptors (Lipinski definition) is 2. The van der Waals surface area contributed by atoms with Crippen molar-refractivity contribution in [2.24, 2.45) is 0 Å². The number of amides is 1. The second-order valence-corrected chi connectivity index (χ2v) is 2.39. The Balaban J connectivity index is 0.00000121. The highest BCUT2D eigenvalue weighted by atomic mass is 32.1. The fraction of sp³-hybridized carbons (Fsp3) is 0.222. The van der Waals surface area contributed by atoms with Crippen LogP contribution in [0.25, 0.3) is 0 Å². The molecule has 66 valence electrons. The maximum Gasteiger partial charge on any atom is 0.234 e. The summed E-state index contributed by atoms with van der Waals surface area (Å²) in [6, 6.07) is 9.31. The summed E-state index contributed by atoms with van der Waals surface area (Å²) in [7, 11) is 0. The molecule has 0 saturated carbocycles. The summed E-state index contributed by atoms with van der Waals surface area (Å²) in [5, 5.41) is 2.68. The third-order valence-electron chi connectivity index (χ3n) is 1.20. The van der Waals surface area contributed by atoms with Crippen LogP contribution in [0, 0.1) is 0 Å². The Hall–Kier alpha value is -0.960. The molecule has 2 nitrogen and oxygen atoms in total. The molecule has 3 heteroatoms. The zero-order valence-electron chi connectivity index (χ0n) is 5.95. The van der Waals surface area contributed by atoms with Gasteiger partial charge in [-0.1, -0.05) is 25.6 Å². The molecule has 0 spiro atoms. The zero-order valence-corrected chi connectivity index (χ0v) is 6.84. The van der Waals surface area contributed by atoms with E-state index in [1.54, 1.807) is 0 Å². The van der Waals surface area contributed by atoms with Crippen LogP contribution >= 0.6 is 12.6 Å². The minimum Gasteiger partial charge on any atom is -0.325 e. The van der Waals surface area contributed by atoms with Crippen LogP contribution in [0.5, 0.6) is 0 Å². The first-order chi connectivity index (χ1) is 5.33. The van der Waals surface area contributed by atoms with Gasteiger partial charge in [0.1, 0.15) is 0 Å². The zero-order chi connectivity index (χ0) is 8.10. The molecular formula is C9H13NOS. The van der Waals surface area contributed by atoms with Gasteiger partial charge in [-0.2, -0.15) is 12.6 Å². The first-order valence-electron chi connectivity index (χ1n) is 3.28. The Morgan fingerprint density at radius 1 is 1.33 bits per heavy atom. The summed E-state index contributed by atoms with van der Waals surface area (Å²) in [6.45, 7) is 0. The van der Waals surface area contributed by atoms with Gasteiger partial charge in [0.25, 0.3) is 0 Å². The Morgan fingerprint density at radius 2 is 1.92 bits per heavy atom. The second-order valence-electron chi connectivity index (χ2n) is 2.07. The summed E-state index contributed by atoms with van der Waals surface area (Å²) in [5.74, 6) is 0.133. The van der Waals surface area contributed by atoms with E-state index in [0.29, 0.717) is 0 Å². The SMILES string of the molecule is C.O=C(CS)Nc1ccccc1. The van der Waals surface area contributed by atoms with Crippen LogP contribution in [0.4, 0.5) is 5.69 Å². The highest BCUT2D eigenvalue weighted by Gasteiger charge is 1.95. The molecule has 0 bridgehead atoms. The van der Waals surface area contributed by atoms with Crippen molar-refractivity contribution in [1.29, 1.82) is 0 Å². The van der Waals surface area contributed by atoms with Gasteiger partial charge in [-0.25, -0.2) is 0 Å². The molecule has 0 aliphatic heterocycles. The number of hydrogen-bond donors (Lipinski definition) is 2. The van der Waals surface area contributed by atoms with Gasteiger partial charge in [0.05, 0.1) is 5.75 Å². The third-order valence-corrected chi connectivity index (χ3v) is 1.49. The summed E-state index contributed by atoms with van der Waals surface area (Å²) in [6.07, 6.45) is 0. The lowest BCUT2D eigenvalue weighted by atomic mass is 10.3. The van der Waals surface area contributed by atoms with Gasteiger partial charge in [0, 0.05) is 5.69 Å². The minimum absolute atomic E-state index is 0. The standard InChI is InChI=1S/C8H9NOS.CH4/c10-8(6-11)9-7-4-2-1-3-5-7;/h1-5,11H,6H2,(H,9,10);1H4. The number of benzene rings is 1. The minimum atomic E-state index is -0.0838. The van der Waals surface area contributed by atoms with E-state index in [0.717, 1.165) is 5.69 Å². The topological polar surface area (TPSA) is 29.1 Å². The van der Waals surface area contributed by atoms with E-state index in [1.165, 1.54) is 0 Å². The lowest BCUT2D eigenvalue weighted by molar-refractivity contribution is -0.113. The van der Waals surface area contributed by atoms with Gasteiger partial charge in [-0.3, -0.25) is 4.79 Å². The van der Waals surface area contributed by atoms with Gasteiger partial charge in [-0.15, -0.1) is 0 Å². The average molecular weight is 183 g/mol. The molecule has 0 fully saturated rings. The van der Waals surface area contributed by atoms with Crippen LogP contribution in [0.2, 0.25) is 0 Å². The van der Waals surface area contributed by atoms with Gasteiger partial charge >= 0.3 is 0 Å². The number of nitrogens with one attached hydrogen (secondary N) is 1. The molecule has 0 aliphatic rings. The molecule has 0 unspecified atom stereocenters. The van der Waals surface area contributed by atoms with E-state index < -0.39 is 0 Å². The molecule has 0 aliphatic carbocycles. The number of rotatable bonds is 2. The smallest absolute Gasteiger partial charge is 0.234 e. The third kappa shape index (κ3) is 3.44. The van der Waals surface area contributed by atoms with Crippen LogP contribution in [0.1, 0.15) is 7.43 Å². The molecule has 0 aromatic heterocycles. The molecule has 0 saturated heterocycles. The number of carbonyl (C=O) groups excluding carboxylic acids is 1. The summed E-state index contributed by atoms with van der Waals surface area (Å²) in [5.41, 5.74) is 0.812. The van der Waals surface area contributed by atoms with Crippen molar-refractivity contribution in [2.45, 2.75) is 7.43 Å². The Morgan fingerprint density at radius 3 is 2.42 bits per heavy atom. The van der Waals surface area contributed by atoms with Crippen molar-refractivity contribution in [2.75, 3.05) is 11.1 Å². The van der Waals surface area contributed by atoms with E-state index >= 15 is 0 Å². The van der Waals surface area contributed by atoms with E-state index in [9.17, 15) is 4.79 Å². The quantitative estimate of drug-likeness (QED) is 0.676. The maximum atomic E-state index is 10.8. The molecule has 0 heterocycles. The molecular weight excluding hydrogens is 170 g/mol. The van der Waals surface area contributed by atoms with Crippen molar-refractivity contribution in [3.8, 4) is 0 Å². The molecule has 1 amide bonds. The summed E-state index contributed by atoms with van der Waals surface area (Å²) in [4.78, 5) is 10.8. The fourth-order valence-electron chi connectivity index (χ4n) is 0.722. The van der Waals surface area contributed by atoms with Crippen LogP contribution in [-0.4, -0.2) is 11.7 Å². The van der Waals surface area contributed by atoms with Crippen LogP contribution in [0.15, 0.2) is 30.3 Å². The normalized spacial score (nSPS) is 8.42. The lowest BCUT2D eigenvalue weighted by Crippen LogP contribution is -2.12. The van der Waals surface area contributed by atoms with Crippen molar-refractivity contribution in [3.63, 3.8) is 0 Å². The largest absolute Gasteiger partial charge is 0.325 e. The van der Waals surface area contributed by atoms with Crippen molar-refractivity contribution in [1.82, 2.24) is 0 Å². The first kappa shape index (κ1) is 11.0. The predicted molar refractivity (Wildman–Crippen MR) is 55.7 cm³/mol. The first-order valence-corrected chi connectivity index (χ1v) is 3.92. The van der Waals surface area contributed by atoms with Gasteiger partial charge in [0.2, 0.25) is 5.91 Å². The summed E-state index contributed by atoms with van der Waals surface area (Å²) >= 11 is 3.83. The van der Waals surface area contributed by atoms with Gasteiger partial charge in [-0.05, 0) is 12.1 Å². The molecule has 1 aromatic rings.